The molecule has 1 aliphatic heterocycles. The predicted octanol–water partition coefficient (Wildman–Crippen LogP) is 4.79. The number of piperazine rings is 1. The predicted molar refractivity (Wildman–Crippen MR) is 127 cm³/mol. The van der Waals surface area contributed by atoms with E-state index in [1.54, 1.807) is 0 Å². The van der Waals surface area contributed by atoms with Gasteiger partial charge in [-0.05, 0) is 47.2 Å². The molecule has 1 aliphatic rings. The Labute approximate surface area is 183 Å². The quantitative estimate of drug-likeness (QED) is 0.669. The van der Waals surface area contributed by atoms with Gasteiger partial charge < -0.3 is 15.1 Å². The molecule has 3 aromatic rings. The average Bonchev–Trinajstić information content (AvgIpc) is 2.78. The molecule has 0 aromatic heterocycles. The molecule has 1 fully saturated rings. The highest BCUT2D eigenvalue weighted by molar-refractivity contribution is 6.06. The van der Waals surface area contributed by atoms with Crippen LogP contribution < -0.4 is 10.2 Å². The van der Waals surface area contributed by atoms with Crippen LogP contribution in [0.15, 0.2) is 66.7 Å². The van der Waals surface area contributed by atoms with E-state index in [9.17, 15) is 9.59 Å². The van der Waals surface area contributed by atoms with Gasteiger partial charge in [-0.25, -0.2) is 0 Å². The number of benzene rings is 3. The Morgan fingerprint density at radius 1 is 0.806 bits per heavy atom. The van der Waals surface area contributed by atoms with E-state index in [-0.39, 0.29) is 17.2 Å². The van der Waals surface area contributed by atoms with Gasteiger partial charge in [0.2, 0.25) is 5.91 Å². The van der Waals surface area contributed by atoms with Crippen molar-refractivity contribution in [1.29, 1.82) is 0 Å². The maximum absolute atomic E-state index is 12.7. The van der Waals surface area contributed by atoms with Crippen LogP contribution in [0.5, 0.6) is 0 Å². The van der Waals surface area contributed by atoms with Gasteiger partial charge in [0.15, 0.2) is 0 Å². The molecule has 0 atom stereocenters. The highest BCUT2D eigenvalue weighted by Crippen LogP contribution is 2.23. The van der Waals surface area contributed by atoms with E-state index in [1.165, 1.54) is 0 Å². The van der Waals surface area contributed by atoms with Gasteiger partial charge in [0, 0.05) is 48.5 Å². The molecule has 2 amide bonds. The Kier molecular flexibility index (Phi) is 5.68. The van der Waals surface area contributed by atoms with Crippen molar-refractivity contribution in [2.24, 2.45) is 5.41 Å². The van der Waals surface area contributed by atoms with Gasteiger partial charge in [0.25, 0.3) is 5.91 Å². The molecule has 31 heavy (non-hydrogen) atoms. The molecule has 0 radical (unpaired) electrons. The second-order valence-corrected chi connectivity index (χ2v) is 9.09. The maximum atomic E-state index is 12.7. The number of anilines is 2. The summed E-state index contributed by atoms with van der Waals surface area (Å²) in [7, 11) is 0. The molecule has 0 unspecified atom stereocenters. The van der Waals surface area contributed by atoms with Crippen LogP contribution in [0.2, 0.25) is 0 Å². The minimum Gasteiger partial charge on any atom is -0.368 e. The lowest BCUT2D eigenvalue weighted by atomic mass is 9.94. The summed E-state index contributed by atoms with van der Waals surface area (Å²) in [6.07, 6.45) is 0. The molecule has 0 bridgehead atoms. The molecule has 3 aromatic carbocycles. The van der Waals surface area contributed by atoms with Gasteiger partial charge in [-0.1, -0.05) is 51.1 Å². The fraction of sp³-hybridized carbons (Fsp3) is 0.308. The number of rotatable bonds is 3. The number of amides is 2. The number of hydrogen-bond donors (Lipinski definition) is 1. The smallest absolute Gasteiger partial charge is 0.255 e. The van der Waals surface area contributed by atoms with Crippen molar-refractivity contribution < 1.29 is 9.59 Å². The SMILES string of the molecule is CC(C)(C)C(=O)N1CCN(c2ccc(NC(=O)c3ccc4ccccc4c3)cc2)CC1. The first-order valence-electron chi connectivity index (χ1n) is 10.8. The third-order valence-corrected chi connectivity index (χ3v) is 5.71. The minimum atomic E-state index is -0.340. The van der Waals surface area contributed by atoms with Gasteiger partial charge >= 0.3 is 0 Å². The lowest BCUT2D eigenvalue weighted by Crippen LogP contribution is -2.51. The van der Waals surface area contributed by atoms with E-state index < -0.39 is 0 Å². The highest BCUT2D eigenvalue weighted by Gasteiger charge is 2.29. The normalized spacial score (nSPS) is 14.5. The fourth-order valence-corrected chi connectivity index (χ4v) is 3.93. The number of nitrogens with zero attached hydrogens (tertiary/aromatic N) is 2. The number of fused-ring (bicyclic) bond motifs is 1. The van der Waals surface area contributed by atoms with Crippen LogP contribution in [0.25, 0.3) is 10.8 Å². The third-order valence-electron chi connectivity index (χ3n) is 5.71. The van der Waals surface area contributed by atoms with Gasteiger partial charge in [0.05, 0.1) is 0 Å². The Balaban J connectivity index is 1.37. The summed E-state index contributed by atoms with van der Waals surface area (Å²) in [6, 6.07) is 21.7. The number of carbonyl (C=O) groups is 2. The van der Waals surface area contributed by atoms with Crippen molar-refractivity contribution in [3.63, 3.8) is 0 Å². The van der Waals surface area contributed by atoms with Crippen molar-refractivity contribution in [2.45, 2.75) is 20.8 Å². The maximum Gasteiger partial charge on any atom is 0.255 e. The average molecular weight is 416 g/mol. The van der Waals surface area contributed by atoms with E-state index in [0.717, 1.165) is 48.3 Å². The summed E-state index contributed by atoms with van der Waals surface area (Å²) in [5, 5.41) is 5.15. The van der Waals surface area contributed by atoms with E-state index >= 15 is 0 Å². The second kappa shape index (κ2) is 8.42. The molecule has 1 N–H and O–H groups in total. The van der Waals surface area contributed by atoms with Crippen molar-refractivity contribution >= 4 is 34.0 Å². The molecule has 1 saturated heterocycles. The Morgan fingerprint density at radius 3 is 2.10 bits per heavy atom. The summed E-state index contributed by atoms with van der Waals surface area (Å²) in [6.45, 7) is 8.98. The zero-order chi connectivity index (χ0) is 22.0. The van der Waals surface area contributed by atoms with Crippen LogP contribution in [-0.4, -0.2) is 42.9 Å². The molecule has 5 nitrogen and oxygen atoms in total. The number of nitrogens with one attached hydrogen (secondary N) is 1. The molecular weight excluding hydrogens is 386 g/mol. The zero-order valence-electron chi connectivity index (χ0n) is 18.4. The number of hydrogen-bond acceptors (Lipinski definition) is 3. The van der Waals surface area contributed by atoms with Crippen molar-refractivity contribution in [2.75, 3.05) is 36.4 Å². The van der Waals surface area contributed by atoms with Crippen molar-refractivity contribution in [1.82, 2.24) is 4.90 Å². The lowest BCUT2D eigenvalue weighted by molar-refractivity contribution is -0.139. The summed E-state index contributed by atoms with van der Waals surface area (Å²) < 4.78 is 0. The molecule has 5 heteroatoms. The molecule has 160 valence electrons. The summed E-state index contributed by atoms with van der Waals surface area (Å²) in [5.41, 5.74) is 2.17. The highest BCUT2D eigenvalue weighted by atomic mass is 16.2. The van der Waals surface area contributed by atoms with Crippen molar-refractivity contribution in [3.8, 4) is 0 Å². The van der Waals surface area contributed by atoms with Gasteiger partial charge in [-0.15, -0.1) is 0 Å². The Hall–Kier alpha value is -3.34. The van der Waals surface area contributed by atoms with Gasteiger partial charge in [-0.2, -0.15) is 0 Å². The molecular formula is C26H29N3O2. The Bertz CT molecular complexity index is 1090. The zero-order valence-corrected chi connectivity index (χ0v) is 18.4. The van der Waals surface area contributed by atoms with Crippen LogP contribution in [0.3, 0.4) is 0 Å². The van der Waals surface area contributed by atoms with Crippen LogP contribution in [-0.2, 0) is 4.79 Å². The van der Waals surface area contributed by atoms with E-state index in [1.807, 2.05) is 92.4 Å². The van der Waals surface area contributed by atoms with Crippen LogP contribution in [0.4, 0.5) is 11.4 Å². The summed E-state index contributed by atoms with van der Waals surface area (Å²) in [5.74, 6) is 0.0895. The molecule has 1 heterocycles. The third kappa shape index (κ3) is 4.71. The topological polar surface area (TPSA) is 52.7 Å². The van der Waals surface area contributed by atoms with E-state index in [4.69, 9.17) is 0 Å². The van der Waals surface area contributed by atoms with E-state index in [0.29, 0.717) is 5.56 Å². The van der Waals surface area contributed by atoms with Crippen LogP contribution in [0, 0.1) is 5.41 Å². The Morgan fingerprint density at radius 2 is 1.45 bits per heavy atom. The second-order valence-electron chi connectivity index (χ2n) is 9.09. The molecule has 0 aliphatic carbocycles. The van der Waals surface area contributed by atoms with Crippen LogP contribution in [0.1, 0.15) is 31.1 Å². The lowest BCUT2D eigenvalue weighted by Gasteiger charge is -2.38. The first kappa shape index (κ1) is 20.9. The van der Waals surface area contributed by atoms with E-state index in [2.05, 4.69) is 10.2 Å². The number of carbonyl (C=O) groups excluding carboxylic acids is 2. The summed E-state index contributed by atoms with van der Waals surface area (Å²) in [4.78, 5) is 29.4. The van der Waals surface area contributed by atoms with Gasteiger partial charge in [-0.3, -0.25) is 9.59 Å². The molecule has 4 rings (SSSR count). The first-order valence-corrected chi connectivity index (χ1v) is 10.8. The van der Waals surface area contributed by atoms with Crippen LogP contribution >= 0.6 is 0 Å². The monoisotopic (exact) mass is 415 g/mol. The largest absolute Gasteiger partial charge is 0.368 e. The molecule has 0 spiro atoms. The van der Waals surface area contributed by atoms with Gasteiger partial charge in [0.1, 0.15) is 0 Å². The summed E-state index contributed by atoms with van der Waals surface area (Å²) >= 11 is 0. The minimum absolute atomic E-state index is 0.118. The standard InChI is InChI=1S/C26H29N3O2/c1-26(2,3)25(31)29-16-14-28(15-17-29)23-12-10-22(11-13-23)27-24(30)21-9-8-19-6-4-5-7-20(19)18-21/h4-13,18H,14-17H2,1-3H3,(H,27,30). The van der Waals surface area contributed by atoms with Crippen molar-refractivity contribution in [3.05, 3.63) is 72.3 Å². The first-order chi connectivity index (χ1) is 14.8. The molecule has 0 saturated carbocycles. The fourth-order valence-electron chi connectivity index (χ4n) is 3.93.